The highest BCUT2D eigenvalue weighted by Gasteiger charge is 2.03. The van der Waals surface area contributed by atoms with Gasteiger partial charge in [-0.25, -0.2) is 0 Å². The molecular weight excluding hydrogens is 208 g/mol. The number of rotatable bonds is 3. The zero-order valence-electron chi connectivity index (χ0n) is 10.2. The molecule has 17 heavy (non-hydrogen) atoms. The number of para-hydroxylation sites is 1. The molecular formula is C16H18O. The van der Waals surface area contributed by atoms with Crippen molar-refractivity contribution in [3.05, 3.63) is 65.3 Å². The van der Waals surface area contributed by atoms with Gasteiger partial charge in [0.1, 0.15) is 5.75 Å². The molecule has 0 bridgehead atoms. The number of hydrogen-bond donors (Lipinski definition) is 1. The molecule has 0 aliphatic heterocycles. The van der Waals surface area contributed by atoms with Crippen LogP contribution in [0.4, 0.5) is 0 Å². The standard InChI is InChI=1S/C16H18O/c1-2-13-6-5-7-14(11-10-13)12-15-8-3-4-9-16(15)17/h3-4,6-11,17H,2,5,12H2,1H3. The number of allylic oxidation sites excluding steroid dienone is 6. The molecule has 1 aromatic rings. The van der Waals surface area contributed by atoms with Crippen molar-refractivity contribution in [3.63, 3.8) is 0 Å². The zero-order chi connectivity index (χ0) is 12.1. The molecule has 1 aliphatic carbocycles. The lowest BCUT2D eigenvalue weighted by Gasteiger charge is -2.04. The smallest absolute Gasteiger partial charge is 0.119 e. The maximum Gasteiger partial charge on any atom is 0.119 e. The Hall–Kier alpha value is -1.76. The Morgan fingerprint density at radius 3 is 2.53 bits per heavy atom. The van der Waals surface area contributed by atoms with E-state index in [0.717, 1.165) is 24.8 Å². The van der Waals surface area contributed by atoms with E-state index in [1.807, 2.05) is 18.2 Å². The largest absolute Gasteiger partial charge is 0.508 e. The highest BCUT2D eigenvalue weighted by Crippen LogP contribution is 2.22. The first-order valence-electron chi connectivity index (χ1n) is 6.12. The molecule has 1 aromatic carbocycles. The molecule has 0 saturated carbocycles. The predicted octanol–water partition coefficient (Wildman–Crippen LogP) is 4.16. The Kier molecular flexibility index (Phi) is 3.81. The fraction of sp³-hybridized carbons (Fsp3) is 0.250. The van der Waals surface area contributed by atoms with Gasteiger partial charge in [-0.3, -0.25) is 0 Å². The summed E-state index contributed by atoms with van der Waals surface area (Å²) in [6.07, 6.45) is 11.7. The fourth-order valence-corrected chi connectivity index (χ4v) is 1.99. The maximum atomic E-state index is 9.75. The number of aromatic hydroxyl groups is 1. The van der Waals surface area contributed by atoms with Crippen LogP contribution >= 0.6 is 0 Å². The van der Waals surface area contributed by atoms with Gasteiger partial charge in [-0.05, 0) is 30.0 Å². The summed E-state index contributed by atoms with van der Waals surface area (Å²) >= 11 is 0. The van der Waals surface area contributed by atoms with Gasteiger partial charge in [0.05, 0.1) is 0 Å². The van der Waals surface area contributed by atoms with Crippen LogP contribution in [0.1, 0.15) is 25.3 Å². The van der Waals surface area contributed by atoms with Crippen LogP contribution in [0.5, 0.6) is 5.75 Å². The minimum absolute atomic E-state index is 0.384. The molecule has 1 aliphatic rings. The summed E-state index contributed by atoms with van der Waals surface area (Å²) in [5, 5.41) is 9.75. The third-order valence-corrected chi connectivity index (χ3v) is 3.07. The van der Waals surface area contributed by atoms with Crippen molar-refractivity contribution < 1.29 is 5.11 Å². The van der Waals surface area contributed by atoms with Crippen molar-refractivity contribution in [1.29, 1.82) is 0 Å². The lowest BCUT2D eigenvalue weighted by Crippen LogP contribution is -1.88. The molecule has 0 unspecified atom stereocenters. The maximum absolute atomic E-state index is 9.75. The van der Waals surface area contributed by atoms with Crippen LogP contribution in [0.25, 0.3) is 0 Å². The van der Waals surface area contributed by atoms with Crippen molar-refractivity contribution in [2.24, 2.45) is 0 Å². The van der Waals surface area contributed by atoms with Crippen molar-refractivity contribution >= 4 is 0 Å². The van der Waals surface area contributed by atoms with Gasteiger partial charge >= 0.3 is 0 Å². The predicted molar refractivity (Wildman–Crippen MR) is 72.0 cm³/mol. The summed E-state index contributed by atoms with van der Waals surface area (Å²) in [6.45, 7) is 2.17. The second kappa shape index (κ2) is 5.53. The van der Waals surface area contributed by atoms with E-state index in [4.69, 9.17) is 0 Å². The summed E-state index contributed by atoms with van der Waals surface area (Å²) in [4.78, 5) is 0. The number of phenolic OH excluding ortho intramolecular Hbond substituents is 1. The Balaban J connectivity index is 2.11. The third-order valence-electron chi connectivity index (χ3n) is 3.07. The van der Waals surface area contributed by atoms with E-state index in [1.54, 1.807) is 6.07 Å². The van der Waals surface area contributed by atoms with Gasteiger partial charge in [0.25, 0.3) is 0 Å². The molecule has 2 rings (SSSR count). The highest BCUT2D eigenvalue weighted by molar-refractivity contribution is 5.40. The van der Waals surface area contributed by atoms with Crippen molar-refractivity contribution in [2.75, 3.05) is 0 Å². The Bertz CT molecular complexity index is 478. The van der Waals surface area contributed by atoms with Gasteiger partial charge < -0.3 is 5.11 Å². The second-order valence-corrected chi connectivity index (χ2v) is 4.29. The first kappa shape index (κ1) is 11.7. The van der Waals surface area contributed by atoms with Crippen LogP contribution in [0.3, 0.4) is 0 Å². The number of benzene rings is 1. The molecule has 0 saturated heterocycles. The first-order chi connectivity index (χ1) is 8.29. The van der Waals surface area contributed by atoms with E-state index in [2.05, 4.69) is 31.2 Å². The van der Waals surface area contributed by atoms with E-state index in [-0.39, 0.29) is 0 Å². The number of hydrogen-bond acceptors (Lipinski definition) is 1. The molecule has 0 spiro atoms. The van der Waals surface area contributed by atoms with E-state index >= 15 is 0 Å². The van der Waals surface area contributed by atoms with E-state index in [0.29, 0.717) is 5.75 Å². The molecule has 0 heterocycles. The average Bonchev–Trinajstić information content (AvgIpc) is 2.57. The summed E-state index contributed by atoms with van der Waals surface area (Å²) in [7, 11) is 0. The molecule has 0 amide bonds. The Morgan fingerprint density at radius 2 is 1.76 bits per heavy atom. The van der Waals surface area contributed by atoms with Crippen molar-refractivity contribution in [2.45, 2.75) is 26.2 Å². The van der Waals surface area contributed by atoms with Gasteiger partial charge in [0, 0.05) is 6.42 Å². The van der Waals surface area contributed by atoms with Crippen molar-refractivity contribution in [3.8, 4) is 5.75 Å². The molecule has 0 radical (unpaired) electrons. The topological polar surface area (TPSA) is 20.2 Å². The third kappa shape index (κ3) is 3.10. The van der Waals surface area contributed by atoms with Gasteiger partial charge in [-0.2, -0.15) is 0 Å². The highest BCUT2D eigenvalue weighted by atomic mass is 16.3. The molecule has 0 fully saturated rings. The zero-order valence-corrected chi connectivity index (χ0v) is 10.2. The van der Waals surface area contributed by atoms with Crippen molar-refractivity contribution in [1.82, 2.24) is 0 Å². The van der Waals surface area contributed by atoms with Gasteiger partial charge in [0.15, 0.2) is 0 Å². The molecule has 0 aromatic heterocycles. The summed E-state index contributed by atoms with van der Waals surface area (Å²) in [5.41, 5.74) is 3.64. The van der Waals surface area contributed by atoms with E-state index in [1.165, 1.54) is 11.1 Å². The summed E-state index contributed by atoms with van der Waals surface area (Å²) < 4.78 is 0. The fourth-order valence-electron chi connectivity index (χ4n) is 1.99. The van der Waals surface area contributed by atoms with Crippen LogP contribution in [0.2, 0.25) is 0 Å². The van der Waals surface area contributed by atoms with Crippen LogP contribution in [0, 0.1) is 0 Å². The van der Waals surface area contributed by atoms with Gasteiger partial charge in [0.2, 0.25) is 0 Å². The molecule has 1 heteroatoms. The van der Waals surface area contributed by atoms with E-state index in [9.17, 15) is 5.11 Å². The minimum Gasteiger partial charge on any atom is -0.508 e. The minimum atomic E-state index is 0.384. The molecule has 0 atom stereocenters. The molecule has 1 N–H and O–H groups in total. The number of phenols is 1. The SMILES string of the molecule is CCC1=CCC=C(Cc2ccccc2O)C=C1. The Morgan fingerprint density at radius 1 is 1.06 bits per heavy atom. The Labute approximate surface area is 103 Å². The normalized spacial score (nSPS) is 15.1. The monoisotopic (exact) mass is 226 g/mol. The van der Waals surface area contributed by atoms with Crippen LogP contribution in [-0.4, -0.2) is 5.11 Å². The first-order valence-corrected chi connectivity index (χ1v) is 6.12. The average molecular weight is 226 g/mol. The van der Waals surface area contributed by atoms with Gasteiger partial charge in [-0.1, -0.05) is 55.0 Å². The van der Waals surface area contributed by atoms with Gasteiger partial charge in [-0.15, -0.1) is 0 Å². The van der Waals surface area contributed by atoms with Crippen LogP contribution in [0.15, 0.2) is 59.7 Å². The summed E-state index contributed by atoms with van der Waals surface area (Å²) in [6, 6.07) is 7.54. The van der Waals surface area contributed by atoms with Crippen LogP contribution < -0.4 is 0 Å². The summed E-state index contributed by atoms with van der Waals surface area (Å²) in [5.74, 6) is 0.384. The second-order valence-electron chi connectivity index (χ2n) is 4.29. The molecule has 88 valence electrons. The molecule has 1 nitrogen and oxygen atoms in total. The quantitative estimate of drug-likeness (QED) is 0.820. The lowest BCUT2D eigenvalue weighted by molar-refractivity contribution is 0.469. The van der Waals surface area contributed by atoms with E-state index < -0.39 is 0 Å². The van der Waals surface area contributed by atoms with Crippen LogP contribution in [-0.2, 0) is 6.42 Å². The lowest BCUT2D eigenvalue weighted by atomic mass is 10.0.